The van der Waals surface area contributed by atoms with Crippen molar-refractivity contribution in [3.8, 4) is 0 Å². The zero-order valence-electron chi connectivity index (χ0n) is 9.05. The normalized spacial score (nSPS) is 17.1. The van der Waals surface area contributed by atoms with Crippen LogP contribution in [-0.4, -0.2) is 6.29 Å². The van der Waals surface area contributed by atoms with E-state index in [0.29, 0.717) is 11.3 Å². The van der Waals surface area contributed by atoms with Crippen LogP contribution in [0.5, 0.6) is 0 Å². The van der Waals surface area contributed by atoms with Crippen LogP contribution in [0.15, 0.2) is 0 Å². The number of aldehydes is 1. The van der Waals surface area contributed by atoms with Crippen molar-refractivity contribution in [2.75, 3.05) is 0 Å². The van der Waals surface area contributed by atoms with Crippen LogP contribution in [0.25, 0.3) is 0 Å². The fourth-order valence-corrected chi connectivity index (χ4v) is 1.75. The first-order valence-corrected chi connectivity index (χ1v) is 4.86. The van der Waals surface area contributed by atoms with Crippen molar-refractivity contribution in [3.05, 3.63) is 0 Å². The molecule has 2 unspecified atom stereocenters. The lowest BCUT2D eigenvalue weighted by atomic mass is 9.79. The molecule has 0 radical (unpaired) electrons. The van der Waals surface area contributed by atoms with E-state index in [4.69, 9.17) is 0 Å². The molecule has 0 saturated heterocycles. The maximum Gasteiger partial charge on any atom is 0.123 e. The van der Waals surface area contributed by atoms with Gasteiger partial charge in [0.2, 0.25) is 0 Å². The molecule has 12 heavy (non-hydrogen) atoms. The second-order valence-corrected chi connectivity index (χ2v) is 4.95. The topological polar surface area (TPSA) is 17.1 Å². The maximum absolute atomic E-state index is 10.7. The van der Waals surface area contributed by atoms with Gasteiger partial charge in [0, 0.05) is 5.92 Å². The largest absolute Gasteiger partial charge is 0.303 e. The van der Waals surface area contributed by atoms with Crippen LogP contribution in [0, 0.1) is 17.3 Å². The molecule has 0 rings (SSSR count). The van der Waals surface area contributed by atoms with Gasteiger partial charge in [0.25, 0.3) is 0 Å². The van der Waals surface area contributed by atoms with Crippen LogP contribution < -0.4 is 0 Å². The Morgan fingerprint density at radius 1 is 1.33 bits per heavy atom. The molecule has 0 aromatic carbocycles. The summed E-state index contributed by atoms with van der Waals surface area (Å²) in [5.74, 6) is 0.775. The summed E-state index contributed by atoms with van der Waals surface area (Å²) in [6.07, 6.45) is 3.21. The monoisotopic (exact) mass is 170 g/mol. The fourth-order valence-electron chi connectivity index (χ4n) is 1.75. The summed E-state index contributed by atoms with van der Waals surface area (Å²) >= 11 is 0. The zero-order valence-corrected chi connectivity index (χ0v) is 9.05. The van der Waals surface area contributed by atoms with E-state index in [2.05, 4.69) is 34.6 Å². The molecular formula is C11H22O. The molecule has 0 aliphatic heterocycles. The highest BCUT2D eigenvalue weighted by atomic mass is 16.1. The highest BCUT2D eigenvalue weighted by Gasteiger charge is 2.20. The molecule has 0 bridgehead atoms. The number of carbonyl (C=O) groups excluding carboxylic acids is 1. The van der Waals surface area contributed by atoms with E-state index < -0.39 is 0 Å². The van der Waals surface area contributed by atoms with Gasteiger partial charge in [0.15, 0.2) is 0 Å². The summed E-state index contributed by atoms with van der Waals surface area (Å²) in [7, 11) is 0. The lowest BCUT2D eigenvalue weighted by Crippen LogP contribution is -2.19. The van der Waals surface area contributed by atoms with Gasteiger partial charge in [-0.25, -0.2) is 0 Å². The minimum atomic E-state index is 0.254. The molecule has 0 aliphatic carbocycles. The Balaban J connectivity index is 4.01. The van der Waals surface area contributed by atoms with Crippen molar-refractivity contribution in [1.82, 2.24) is 0 Å². The van der Waals surface area contributed by atoms with Gasteiger partial charge in [-0.05, 0) is 24.2 Å². The van der Waals surface area contributed by atoms with Crippen LogP contribution in [0.4, 0.5) is 0 Å². The maximum atomic E-state index is 10.7. The Hall–Kier alpha value is -0.330. The minimum absolute atomic E-state index is 0.254. The van der Waals surface area contributed by atoms with Crippen molar-refractivity contribution in [2.45, 2.75) is 47.5 Å². The lowest BCUT2D eigenvalue weighted by molar-refractivity contribution is -0.112. The van der Waals surface area contributed by atoms with Gasteiger partial charge in [0.1, 0.15) is 6.29 Å². The molecule has 0 saturated carbocycles. The van der Waals surface area contributed by atoms with Gasteiger partial charge < -0.3 is 4.79 Å². The Morgan fingerprint density at radius 2 is 1.83 bits per heavy atom. The predicted octanol–water partition coefficient (Wildman–Crippen LogP) is 3.28. The van der Waals surface area contributed by atoms with Crippen molar-refractivity contribution in [3.63, 3.8) is 0 Å². The Kier molecular flexibility index (Phi) is 4.51. The summed E-state index contributed by atoms with van der Waals surface area (Å²) in [6.45, 7) is 10.9. The molecule has 0 fully saturated rings. The van der Waals surface area contributed by atoms with Gasteiger partial charge >= 0.3 is 0 Å². The van der Waals surface area contributed by atoms with Crippen LogP contribution in [0.2, 0.25) is 0 Å². The summed E-state index contributed by atoms with van der Waals surface area (Å²) in [5, 5.41) is 0. The SMILES string of the molecule is CCC(C=O)C(C)CC(C)(C)C. The molecule has 1 heteroatoms. The molecule has 2 atom stereocenters. The molecule has 0 heterocycles. The average molecular weight is 170 g/mol. The third-order valence-electron chi connectivity index (χ3n) is 2.31. The average Bonchev–Trinajstić information content (AvgIpc) is 1.85. The molecular weight excluding hydrogens is 148 g/mol. The molecule has 0 N–H and O–H groups in total. The van der Waals surface area contributed by atoms with Crippen molar-refractivity contribution >= 4 is 6.29 Å². The minimum Gasteiger partial charge on any atom is -0.303 e. The summed E-state index contributed by atoms with van der Waals surface area (Å²) in [6, 6.07) is 0. The molecule has 0 aromatic rings. The van der Waals surface area contributed by atoms with Gasteiger partial charge in [-0.3, -0.25) is 0 Å². The van der Waals surface area contributed by atoms with E-state index in [1.54, 1.807) is 0 Å². The van der Waals surface area contributed by atoms with Crippen LogP contribution in [0.3, 0.4) is 0 Å². The summed E-state index contributed by atoms with van der Waals surface area (Å²) < 4.78 is 0. The molecule has 0 spiro atoms. The molecule has 72 valence electrons. The lowest BCUT2D eigenvalue weighted by Gasteiger charge is -2.26. The van der Waals surface area contributed by atoms with E-state index in [1.165, 1.54) is 0 Å². The van der Waals surface area contributed by atoms with Crippen molar-refractivity contribution in [1.29, 1.82) is 0 Å². The quantitative estimate of drug-likeness (QED) is 0.592. The van der Waals surface area contributed by atoms with Crippen LogP contribution in [0.1, 0.15) is 47.5 Å². The first-order valence-electron chi connectivity index (χ1n) is 4.86. The van der Waals surface area contributed by atoms with Crippen molar-refractivity contribution < 1.29 is 4.79 Å². The summed E-state index contributed by atoms with van der Waals surface area (Å²) in [4.78, 5) is 10.7. The predicted molar refractivity (Wildman–Crippen MR) is 53.1 cm³/mol. The molecule has 1 nitrogen and oxygen atoms in total. The second-order valence-electron chi connectivity index (χ2n) is 4.95. The Morgan fingerprint density at radius 3 is 2.08 bits per heavy atom. The van der Waals surface area contributed by atoms with Crippen LogP contribution in [-0.2, 0) is 4.79 Å². The third kappa shape index (κ3) is 4.53. The van der Waals surface area contributed by atoms with Gasteiger partial charge in [0.05, 0.1) is 0 Å². The smallest absolute Gasteiger partial charge is 0.123 e. The highest BCUT2D eigenvalue weighted by molar-refractivity contribution is 5.53. The first kappa shape index (κ1) is 11.7. The number of carbonyl (C=O) groups is 1. The van der Waals surface area contributed by atoms with E-state index in [1.807, 2.05) is 0 Å². The third-order valence-corrected chi connectivity index (χ3v) is 2.31. The van der Waals surface area contributed by atoms with E-state index >= 15 is 0 Å². The summed E-state index contributed by atoms with van der Waals surface area (Å²) in [5.41, 5.74) is 0.343. The van der Waals surface area contributed by atoms with Crippen molar-refractivity contribution in [2.24, 2.45) is 17.3 Å². The number of rotatable bonds is 4. The van der Waals surface area contributed by atoms with Gasteiger partial charge in [-0.1, -0.05) is 34.6 Å². The Bertz CT molecular complexity index is 132. The molecule has 0 aliphatic rings. The standard InChI is InChI=1S/C11H22O/c1-6-10(8-12)9(2)7-11(3,4)5/h8-10H,6-7H2,1-5H3. The zero-order chi connectivity index (χ0) is 9.78. The highest BCUT2D eigenvalue weighted by Crippen LogP contribution is 2.28. The molecule has 0 aromatic heterocycles. The second kappa shape index (κ2) is 4.64. The number of hydrogen-bond donors (Lipinski definition) is 0. The van der Waals surface area contributed by atoms with E-state index in [0.717, 1.165) is 19.1 Å². The van der Waals surface area contributed by atoms with Gasteiger partial charge in [-0.2, -0.15) is 0 Å². The molecule has 0 amide bonds. The van der Waals surface area contributed by atoms with E-state index in [-0.39, 0.29) is 5.92 Å². The number of hydrogen-bond acceptors (Lipinski definition) is 1. The first-order chi connectivity index (χ1) is 5.40. The Labute approximate surface area is 76.6 Å². The van der Waals surface area contributed by atoms with E-state index in [9.17, 15) is 4.79 Å². The van der Waals surface area contributed by atoms with Gasteiger partial charge in [-0.15, -0.1) is 0 Å². The fraction of sp³-hybridized carbons (Fsp3) is 0.909. The van der Waals surface area contributed by atoms with Crippen LogP contribution >= 0.6 is 0 Å².